The molecule has 0 saturated heterocycles. The van der Waals surface area contributed by atoms with Gasteiger partial charge < -0.3 is 14.5 Å². The van der Waals surface area contributed by atoms with Crippen molar-refractivity contribution in [1.82, 2.24) is 9.55 Å². The molecule has 0 saturated carbocycles. The monoisotopic (exact) mass is 905 g/mol. The van der Waals surface area contributed by atoms with E-state index in [1.807, 2.05) is 6.20 Å². The minimum Gasteiger partial charge on any atom is -0.457 e. The van der Waals surface area contributed by atoms with Gasteiger partial charge in [0.1, 0.15) is 17.3 Å². The Morgan fingerprint density at radius 1 is 0.464 bits per heavy atom. The number of hydrogen-bond donors (Lipinski definition) is 0. The molecule has 0 spiro atoms. The molecule has 10 rings (SSSR count). The molecule has 0 unspecified atom stereocenters. The fraction of sp³-hybridized carbons (Fsp3) is 0.234. The molecule has 0 bridgehead atoms. The first-order valence-electron chi connectivity index (χ1n) is 24.4. The quantitative estimate of drug-likeness (QED) is 0.137. The average molecular weight is 905 g/mol. The van der Waals surface area contributed by atoms with Gasteiger partial charge in [-0.05, 0) is 92.9 Å². The maximum absolute atomic E-state index is 7.31. The number of hydrogen-bond acceptors (Lipinski definition) is 4. The first kappa shape index (κ1) is 45.4. The van der Waals surface area contributed by atoms with E-state index in [0.29, 0.717) is 6.67 Å². The van der Waals surface area contributed by atoms with Crippen LogP contribution in [-0.4, -0.2) is 16.2 Å². The molecule has 0 N–H and O–H groups in total. The van der Waals surface area contributed by atoms with Gasteiger partial charge in [0.25, 0.3) is 0 Å². The molecular formula is C64H64N4O. The maximum atomic E-state index is 7.31. The first-order valence-corrected chi connectivity index (χ1v) is 24.4. The van der Waals surface area contributed by atoms with Crippen LogP contribution in [-0.2, 0) is 16.2 Å². The second-order valence-electron chi connectivity index (χ2n) is 21.9. The lowest BCUT2D eigenvalue weighted by Crippen LogP contribution is -2.30. The summed E-state index contributed by atoms with van der Waals surface area (Å²) in [6.07, 6.45) is 4.30. The molecule has 9 aromatic rings. The van der Waals surface area contributed by atoms with E-state index in [2.05, 4.69) is 272 Å². The van der Waals surface area contributed by atoms with Gasteiger partial charge in [-0.25, -0.2) is 4.98 Å². The molecule has 0 aliphatic carbocycles. The lowest BCUT2D eigenvalue weighted by atomic mass is 9.76. The molecular weight excluding hydrogens is 841 g/mol. The van der Waals surface area contributed by atoms with Crippen LogP contribution in [0.1, 0.15) is 97.1 Å². The first-order chi connectivity index (χ1) is 33.0. The van der Waals surface area contributed by atoms with E-state index in [1.165, 1.54) is 50.0 Å². The summed E-state index contributed by atoms with van der Waals surface area (Å²) in [6.45, 7) is 23.7. The molecule has 346 valence electrons. The van der Waals surface area contributed by atoms with Crippen molar-refractivity contribution in [3.63, 3.8) is 0 Å². The number of anilines is 2. The lowest BCUT2D eigenvalue weighted by Gasteiger charge is -2.32. The van der Waals surface area contributed by atoms with Crippen molar-refractivity contribution >= 4 is 33.2 Å². The number of ether oxygens (including phenoxy) is 1. The van der Waals surface area contributed by atoms with E-state index in [9.17, 15) is 0 Å². The normalized spacial score (nSPS) is 13.6. The van der Waals surface area contributed by atoms with Gasteiger partial charge in [-0.3, -0.25) is 4.57 Å². The predicted octanol–water partition coefficient (Wildman–Crippen LogP) is 16.8. The zero-order valence-electron chi connectivity index (χ0n) is 41.9. The van der Waals surface area contributed by atoms with Crippen molar-refractivity contribution < 1.29 is 4.74 Å². The van der Waals surface area contributed by atoms with Crippen LogP contribution in [0.15, 0.2) is 200 Å². The topological polar surface area (TPSA) is 33.5 Å². The molecule has 0 radical (unpaired) electrons. The van der Waals surface area contributed by atoms with E-state index in [4.69, 9.17) is 9.72 Å². The molecule has 5 heteroatoms. The standard InChI is InChI=1S/C64H64N4O/c1-61(2,3)48-29-22-30-50(37-48)67-43-66(42-58(67)62(4,5)6)51-35-45(44-23-14-11-15-24-44)36-52(39-51)69-53-40-55(64(9,10)47-27-18-13-19-28-47)60-54-31-20-21-32-56(54)68(57(60)41-53)59-38-49(33-34-65-59)63(7,8)46-25-16-12-17-26-46/h11-42H,43H2,1-10H3. The minimum absolute atomic E-state index is 0.0324. The van der Waals surface area contributed by atoms with Crippen LogP contribution in [0.3, 0.4) is 0 Å². The Morgan fingerprint density at radius 3 is 1.77 bits per heavy atom. The van der Waals surface area contributed by atoms with Gasteiger partial charge in [-0.15, -0.1) is 0 Å². The highest BCUT2D eigenvalue weighted by Gasteiger charge is 2.33. The number of fused-ring (bicyclic) bond motifs is 3. The zero-order chi connectivity index (χ0) is 48.3. The van der Waals surface area contributed by atoms with Crippen molar-refractivity contribution in [2.75, 3.05) is 16.5 Å². The molecule has 5 nitrogen and oxygen atoms in total. The van der Waals surface area contributed by atoms with Crippen LogP contribution in [0.25, 0.3) is 38.8 Å². The second-order valence-corrected chi connectivity index (χ2v) is 21.9. The molecule has 0 amide bonds. The zero-order valence-corrected chi connectivity index (χ0v) is 41.9. The Morgan fingerprint density at radius 2 is 1.09 bits per heavy atom. The second kappa shape index (κ2) is 17.3. The number of rotatable bonds is 10. The third-order valence-electron chi connectivity index (χ3n) is 14.3. The van der Waals surface area contributed by atoms with Gasteiger partial charge in [0.2, 0.25) is 0 Å². The fourth-order valence-electron chi connectivity index (χ4n) is 10.2. The average Bonchev–Trinajstić information content (AvgIpc) is 3.96. The van der Waals surface area contributed by atoms with Crippen molar-refractivity contribution in [2.24, 2.45) is 5.41 Å². The fourth-order valence-corrected chi connectivity index (χ4v) is 10.2. The van der Waals surface area contributed by atoms with E-state index in [0.717, 1.165) is 45.2 Å². The smallest absolute Gasteiger partial charge is 0.137 e. The Kier molecular flexibility index (Phi) is 11.4. The van der Waals surface area contributed by atoms with E-state index < -0.39 is 5.41 Å². The Bertz CT molecular complexity index is 3350. The van der Waals surface area contributed by atoms with Crippen LogP contribution in [0.2, 0.25) is 0 Å². The van der Waals surface area contributed by atoms with E-state index in [1.54, 1.807) is 0 Å². The number of aromatic nitrogens is 2. The highest BCUT2D eigenvalue weighted by molar-refractivity contribution is 6.12. The van der Waals surface area contributed by atoms with Gasteiger partial charge in [0.15, 0.2) is 0 Å². The number of para-hydroxylation sites is 1. The summed E-state index contributed by atoms with van der Waals surface area (Å²) in [5, 5.41) is 2.36. The summed E-state index contributed by atoms with van der Waals surface area (Å²) in [5.74, 6) is 2.39. The van der Waals surface area contributed by atoms with Gasteiger partial charge in [0, 0.05) is 68.6 Å². The molecule has 1 aliphatic rings. The highest BCUT2D eigenvalue weighted by Crippen LogP contribution is 2.46. The minimum atomic E-state index is -0.396. The van der Waals surface area contributed by atoms with Crippen molar-refractivity contribution in [2.45, 2.75) is 85.5 Å². The maximum Gasteiger partial charge on any atom is 0.137 e. The van der Waals surface area contributed by atoms with E-state index >= 15 is 0 Å². The molecule has 0 fully saturated rings. The molecule has 2 aromatic heterocycles. The molecule has 1 aliphatic heterocycles. The van der Waals surface area contributed by atoms with Crippen molar-refractivity contribution in [3.05, 3.63) is 228 Å². The number of nitrogens with zero attached hydrogens (tertiary/aromatic N) is 4. The molecule has 69 heavy (non-hydrogen) atoms. The summed E-state index contributed by atoms with van der Waals surface area (Å²) in [6, 6.07) is 65.7. The molecule has 3 heterocycles. The van der Waals surface area contributed by atoms with Gasteiger partial charge >= 0.3 is 0 Å². The van der Waals surface area contributed by atoms with Crippen LogP contribution >= 0.6 is 0 Å². The van der Waals surface area contributed by atoms with Gasteiger partial charge in [-0.1, -0.05) is 191 Å². The molecule has 0 atom stereocenters. The van der Waals surface area contributed by atoms with Crippen molar-refractivity contribution in [1.29, 1.82) is 0 Å². The highest BCUT2D eigenvalue weighted by atomic mass is 16.5. The van der Waals surface area contributed by atoms with Crippen LogP contribution in [0.5, 0.6) is 11.5 Å². The summed E-state index contributed by atoms with van der Waals surface area (Å²) in [4.78, 5) is 9.98. The Hall–Kier alpha value is -7.37. The van der Waals surface area contributed by atoms with E-state index in [-0.39, 0.29) is 16.2 Å². The lowest BCUT2D eigenvalue weighted by molar-refractivity contribution is 0.481. The van der Waals surface area contributed by atoms with Gasteiger partial charge in [0.05, 0.1) is 17.7 Å². The molecule has 7 aromatic carbocycles. The number of allylic oxidation sites excluding steroid dienone is 1. The largest absolute Gasteiger partial charge is 0.457 e. The Balaban J connectivity index is 1.15. The van der Waals surface area contributed by atoms with Gasteiger partial charge in [-0.2, -0.15) is 0 Å². The van der Waals surface area contributed by atoms with Crippen molar-refractivity contribution in [3.8, 4) is 28.4 Å². The summed E-state index contributed by atoms with van der Waals surface area (Å²) >= 11 is 0. The summed E-state index contributed by atoms with van der Waals surface area (Å²) < 4.78 is 9.65. The Labute approximate surface area is 409 Å². The summed E-state index contributed by atoms with van der Waals surface area (Å²) in [7, 11) is 0. The van der Waals surface area contributed by atoms with Crippen LogP contribution < -0.4 is 14.5 Å². The third kappa shape index (κ3) is 8.60. The number of benzene rings is 7. The predicted molar refractivity (Wildman–Crippen MR) is 290 cm³/mol. The van der Waals surface area contributed by atoms with Crippen LogP contribution in [0, 0.1) is 5.41 Å². The third-order valence-corrected chi connectivity index (χ3v) is 14.3. The SMILES string of the molecule is CC(C)(C)C1=CN(c2cc(Oc3cc(C(C)(C)c4ccccc4)c4c5ccccc5n(-c5cc(C(C)(C)c6ccccc6)ccn5)c4c3)cc(-c3ccccc3)c2)CN1c1cccc(C(C)(C)C)c1. The summed E-state index contributed by atoms with van der Waals surface area (Å²) in [5.41, 5.74) is 13.3. The van der Waals surface area contributed by atoms with Crippen LogP contribution in [0.4, 0.5) is 11.4 Å². The number of pyridine rings is 1.